The van der Waals surface area contributed by atoms with E-state index in [0.717, 1.165) is 40.7 Å². The number of pyridine rings is 1. The standard InChI is InChI=1S/C21H24FN3O2/c1-14-18(10-11-25-19(12-15-4-5-15)23-24-20(14)25)27-13-21(2,26-3)16-6-8-17(22)9-7-16/h6-11,15H,4-5,12-13H2,1-3H3/t21-/m1/s1. The van der Waals surface area contributed by atoms with Gasteiger partial charge in [0.25, 0.3) is 0 Å². The predicted octanol–water partition coefficient (Wildman–Crippen LogP) is 4.07. The van der Waals surface area contributed by atoms with Gasteiger partial charge in [0.15, 0.2) is 5.65 Å². The van der Waals surface area contributed by atoms with Crippen molar-refractivity contribution in [2.75, 3.05) is 13.7 Å². The van der Waals surface area contributed by atoms with Gasteiger partial charge in [0.1, 0.15) is 29.6 Å². The molecule has 1 aliphatic rings. The summed E-state index contributed by atoms with van der Waals surface area (Å²) in [6, 6.07) is 8.26. The number of ether oxygens (including phenoxy) is 2. The third kappa shape index (κ3) is 3.54. The summed E-state index contributed by atoms with van der Waals surface area (Å²) >= 11 is 0. The number of aromatic nitrogens is 3. The lowest BCUT2D eigenvalue weighted by molar-refractivity contribution is -0.0345. The number of rotatable bonds is 7. The minimum Gasteiger partial charge on any atom is -0.490 e. The molecule has 0 N–H and O–H groups in total. The Morgan fingerprint density at radius 2 is 1.93 bits per heavy atom. The molecule has 1 fully saturated rings. The van der Waals surface area contributed by atoms with E-state index in [0.29, 0.717) is 6.61 Å². The Bertz CT molecular complexity index is 950. The van der Waals surface area contributed by atoms with Crippen LogP contribution in [-0.4, -0.2) is 28.3 Å². The third-order valence-corrected chi connectivity index (χ3v) is 5.42. The fourth-order valence-electron chi connectivity index (χ4n) is 3.27. The Morgan fingerprint density at radius 3 is 2.59 bits per heavy atom. The van der Waals surface area contributed by atoms with E-state index >= 15 is 0 Å². The maximum Gasteiger partial charge on any atom is 0.167 e. The van der Waals surface area contributed by atoms with Crippen LogP contribution < -0.4 is 4.74 Å². The molecular weight excluding hydrogens is 345 g/mol. The number of aryl methyl sites for hydroxylation is 1. The molecule has 0 spiro atoms. The van der Waals surface area contributed by atoms with E-state index in [2.05, 4.69) is 14.6 Å². The van der Waals surface area contributed by atoms with Crippen LogP contribution in [0.15, 0.2) is 36.5 Å². The van der Waals surface area contributed by atoms with Gasteiger partial charge in [-0.1, -0.05) is 12.1 Å². The highest BCUT2D eigenvalue weighted by atomic mass is 19.1. The van der Waals surface area contributed by atoms with E-state index in [-0.39, 0.29) is 5.82 Å². The summed E-state index contributed by atoms with van der Waals surface area (Å²) < 4.78 is 27.1. The van der Waals surface area contributed by atoms with Crippen molar-refractivity contribution in [2.45, 2.75) is 38.7 Å². The van der Waals surface area contributed by atoms with Gasteiger partial charge in [0, 0.05) is 25.3 Å². The van der Waals surface area contributed by atoms with E-state index in [1.165, 1.54) is 25.0 Å². The predicted molar refractivity (Wildman–Crippen MR) is 100 cm³/mol. The Hall–Kier alpha value is -2.47. The van der Waals surface area contributed by atoms with Crippen LogP contribution in [0.3, 0.4) is 0 Å². The molecule has 0 radical (unpaired) electrons. The number of hydrogen-bond acceptors (Lipinski definition) is 4. The van der Waals surface area contributed by atoms with Crippen molar-refractivity contribution >= 4 is 5.65 Å². The summed E-state index contributed by atoms with van der Waals surface area (Å²) in [5.41, 5.74) is 1.95. The zero-order valence-corrected chi connectivity index (χ0v) is 15.9. The van der Waals surface area contributed by atoms with Crippen molar-refractivity contribution < 1.29 is 13.9 Å². The largest absolute Gasteiger partial charge is 0.490 e. The first kappa shape index (κ1) is 17.9. The highest BCUT2D eigenvalue weighted by molar-refractivity contribution is 5.54. The summed E-state index contributed by atoms with van der Waals surface area (Å²) in [6.07, 6.45) is 5.52. The van der Waals surface area contributed by atoms with Crippen LogP contribution in [0.25, 0.3) is 5.65 Å². The zero-order valence-electron chi connectivity index (χ0n) is 15.9. The van der Waals surface area contributed by atoms with Gasteiger partial charge in [-0.2, -0.15) is 0 Å². The number of halogens is 1. The van der Waals surface area contributed by atoms with Crippen LogP contribution in [0, 0.1) is 18.7 Å². The van der Waals surface area contributed by atoms with Gasteiger partial charge in [-0.3, -0.25) is 4.40 Å². The first-order valence-electron chi connectivity index (χ1n) is 9.27. The summed E-state index contributed by atoms with van der Waals surface area (Å²) in [4.78, 5) is 0. The summed E-state index contributed by atoms with van der Waals surface area (Å²) in [7, 11) is 1.63. The molecule has 0 saturated heterocycles. The molecule has 1 aromatic carbocycles. The van der Waals surface area contributed by atoms with E-state index in [1.54, 1.807) is 19.2 Å². The fraction of sp³-hybridized carbons (Fsp3) is 0.429. The summed E-state index contributed by atoms with van der Waals surface area (Å²) in [5, 5.41) is 8.71. The van der Waals surface area contributed by atoms with Crippen molar-refractivity contribution in [3.8, 4) is 5.75 Å². The average molecular weight is 369 g/mol. The van der Waals surface area contributed by atoms with Crippen LogP contribution >= 0.6 is 0 Å². The van der Waals surface area contributed by atoms with Gasteiger partial charge >= 0.3 is 0 Å². The van der Waals surface area contributed by atoms with Gasteiger partial charge in [-0.25, -0.2) is 4.39 Å². The molecule has 0 bridgehead atoms. The first-order valence-corrected chi connectivity index (χ1v) is 9.27. The van der Waals surface area contributed by atoms with Gasteiger partial charge < -0.3 is 9.47 Å². The van der Waals surface area contributed by atoms with E-state index in [1.807, 2.05) is 26.1 Å². The van der Waals surface area contributed by atoms with Crippen LogP contribution in [-0.2, 0) is 16.8 Å². The number of nitrogens with zero attached hydrogens (tertiary/aromatic N) is 3. The molecule has 1 saturated carbocycles. The molecule has 0 unspecified atom stereocenters. The molecular formula is C21H24FN3O2. The molecule has 0 aliphatic heterocycles. The quantitative estimate of drug-likeness (QED) is 0.630. The summed E-state index contributed by atoms with van der Waals surface area (Å²) in [5.74, 6) is 2.24. The van der Waals surface area contributed by atoms with Gasteiger partial charge in [0.2, 0.25) is 0 Å². The lowest BCUT2D eigenvalue weighted by Crippen LogP contribution is -2.32. The number of hydrogen-bond donors (Lipinski definition) is 0. The molecule has 6 heteroatoms. The molecule has 2 heterocycles. The van der Waals surface area contributed by atoms with Crippen LogP contribution in [0.1, 0.15) is 36.7 Å². The van der Waals surface area contributed by atoms with Crippen molar-refractivity contribution in [1.82, 2.24) is 14.6 Å². The second-order valence-corrected chi connectivity index (χ2v) is 7.49. The van der Waals surface area contributed by atoms with Gasteiger partial charge in [-0.05, 0) is 56.4 Å². The third-order valence-electron chi connectivity index (χ3n) is 5.42. The van der Waals surface area contributed by atoms with Crippen LogP contribution in [0.4, 0.5) is 4.39 Å². The normalized spacial score (nSPS) is 16.4. The van der Waals surface area contributed by atoms with Crippen LogP contribution in [0.2, 0.25) is 0 Å². The molecule has 2 aromatic heterocycles. The Kier molecular flexibility index (Phi) is 4.60. The second kappa shape index (κ2) is 6.93. The van der Waals surface area contributed by atoms with Crippen LogP contribution in [0.5, 0.6) is 5.75 Å². The highest BCUT2D eigenvalue weighted by Crippen LogP contribution is 2.33. The molecule has 1 aliphatic carbocycles. The Balaban J connectivity index is 1.55. The molecule has 4 rings (SSSR count). The maximum atomic E-state index is 13.2. The number of methoxy groups -OCH3 is 1. The van der Waals surface area contributed by atoms with Gasteiger partial charge in [-0.15, -0.1) is 10.2 Å². The lowest BCUT2D eigenvalue weighted by atomic mass is 9.96. The SMILES string of the molecule is CO[C@](C)(COc1ccn2c(CC3CC3)nnc2c1C)c1ccc(F)cc1. The van der Waals surface area contributed by atoms with Gasteiger partial charge in [0.05, 0.1) is 0 Å². The minimum absolute atomic E-state index is 0.270. The monoisotopic (exact) mass is 369 g/mol. The number of benzene rings is 1. The van der Waals surface area contributed by atoms with Crippen molar-refractivity contribution in [3.63, 3.8) is 0 Å². The van der Waals surface area contributed by atoms with Crippen molar-refractivity contribution in [1.29, 1.82) is 0 Å². The molecule has 27 heavy (non-hydrogen) atoms. The summed E-state index contributed by atoms with van der Waals surface area (Å²) in [6.45, 7) is 4.22. The Labute approximate surface area is 158 Å². The molecule has 1 atom stereocenters. The topological polar surface area (TPSA) is 48.7 Å². The fourth-order valence-corrected chi connectivity index (χ4v) is 3.27. The second-order valence-electron chi connectivity index (χ2n) is 7.49. The van der Waals surface area contributed by atoms with Crippen molar-refractivity contribution in [3.05, 3.63) is 59.3 Å². The zero-order chi connectivity index (χ0) is 19.0. The van der Waals surface area contributed by atoms with E-state index in [9.17, 15) is 4.39 Å². The maximum absolute atomic E-state index is 13.2. The lowest BCUT2D eigenvalue weighted by Gasteiger charge is -2.29. The number of fused-ring (bicyclic) bond motifs is 1. The van der Waals surface area contributed by atoms with E-state index < -0.39 is 5.60 Å². The van der Waals surface area contributed by atoms with E-state index in [4.69, 9.17) is 9.47 Å². The molecule has 142 valence electrons. The molecule has 5 nitrogen and oxygen atoms in total. The molecule has 3 aromatic rings. The Morgan fingerprint density at radius 1 is 1.19 bits per heavy atom. The highest BCUT2D eigenvalue weighted by Gasteiger charge is 2.28. The first-order chi connectivity index (χ1) is 13.0. The minimum atomic E-state index is -0.683. The average Bonchev–Trinajstić information content (AvgIpc) is 3.40. The smallest absolute Gasteiger partial charge is 0.167 e. The molecule has 0 amide bonds. The van der Waals surface area contributed by atoms with Crippen molar-refractivity contribution in [2.24, 2.45) is 5.92 Å².